The molecule has 0 saturated carbocycles. The number of anilines is 2. The fourth-order valence-corrected chi connectivity index (χ4v) is 2.73. The van der Waals surface area contributed by atoms with Crippen molar-refractivity contribution in [1.29, 1.82) is 0 Å². The number of pyridine rings is 1. The van der Waals surface area contributed by atoms with Crippen LogP contribution < -0.4 is 5.32 Å². The number of aryl methyl sites for hydroxylation is 2. The van der Waals surface area contributed by atoms with Crippen molar-refractivity contribution in [1.82, 2.24) is 24.7 Å². The quantitative estimate of drug-likeness (QED) is 0.281. The molecule has 0 aliphatic heterocycles. The summed E-state index contributed by atoms with van der Waals surface area (Å²) in [7, 11) is 0. The van der Waals surface area contributed by atoms with E-state index >= 15 is 0 Å². The zero-order chi connectivity index (χ0) is 19.2. The van der Waals surface area contributed by atoms with Gasteiger partial charge in [-0.3, -0.25) is 4.68 Å². The highest BCUT2D eigenvalue weighted by Crippen LogP contribution is 2.26. The Kier molecular flexibility index (Phi) is 5.80. The summed E-state index contributed by atoms with van der Waals surface area (Å²) < 4.78 is 7.24. The van der Waals surface area contributed by atoms with Crippen LogP contribution in [0.1, 0.15) is 24.0 Å². The van der Waals surface area contributed by atoms with Gasteiger partial charge in [-0.05, 0) is 44.0 Å². The lowest BCUT2D eigenvalue weighted by Crippen LogP contribution is -2.09. The Morgan fingerprint density at radius 2 is 2.19 bits per heavy atom. The molecule has 0 fully saturated rings. The minimum Gasteiger partial charge on any atom is -0.380 e. The Balaban J connectivity index is 2.10. The molecule has 0 radical (unpaired) electrons. The summed E-state index contributed by atoms with van der Waals surface area (Å²) in [6, 6.07) is 3.86. The summed E-state index contributed by atoms with van der Waals surface area (Å²) in [4.78, 5) is 16.2. The van der Waals surface area contributed by atoms with Gasteiger partial charge in [-0.1, -0.05) is 5.11 Å². The van der Waals surface area contributed by atoms with Gasteiger partial charge in [0, 0.05) is 17.7 Å². The fraction of sp³-hybridized carbons (Fsp3) is 0.412. The molecule has 3 heterocycles. The maximum Gasteiger partial charge on any atom is 0.161 e. The fourth-order valence-electron chi connectivity index (χ4n) is 2.73. The van der Waals surface area contributed by atoms with Gasteiger partial charge in [-0.2, -0.15) is 5.10 Å². The first-order valence-corrected chi connectivity index (χ1v) is 8.64. The average Bonchev–Trinajstić information content (AvgIpc) is 2.98. The van der Waals surface area contributed by atoms with Crippen LogP contribution in [-0.2, 0) is 17.8 Å². The molecular formula is C17H21N9O. The van der Waals surface area contributed by atoms with Crippen molar-refractivity contribution < 1.29 is 4.74 Å². The average molecular weight is 367 g/mol. The second kappa shape index (κ2) is 8.43. The van der Waals surface area contributed by atoms with E-state index in [0.717, 1.165) is 11.1 Å². The van der Waals surface area contributed by atoms with Crippen molar-refractivity contribution in [2.45, 2.75) is 33.9 Å². The van der Waals surface area contributed by atoms with Crippen molar-refractivity contribution in [2.24, 2.45) is 5.11 Å². The number of nitrogens with one attached hydrogen (secondary N) is 1. The van der Waals surface area contributed by atoms with E-state index in [9.17, 15) is 0 Å². The summed E-state index contributed by atoms with van der Waals surface area (Å²) in [5.41, 5.74) is 11.7. The first kappa shape index (κ1) is 18.6. The first-order valence-electron chi connectivity index (χ1n) is 8.64. The van der Waals surface area contributed by atoms with Crippen molar-refractivity contribution >= 4 is 22.7 Å². The monoisotopic (exact) mass is 367 g/mol. The zero-order valence-corrected chi connectivity index (χ0v) is 15.5. The smallest absolute Gasteiger partial charge is 0.161 e. The number of ether oxygens (including phenoxy) is 1. The predicted octanol–water partition coefficient (Wildman–Crippen LogP) is 3.43. The Bertz CT molecular complexity index is 991. The van der Waals surface area contributed by atoms with E-state index in [1.807, 2.05) is 32.9 Å². The molecule has 3 aromatic rings. The third kappa shape index (κ3) is 4.30. The standard InChI is InChI=1S/C17H21N9O/c1-4-27-8-7-26-16-15(13(24-26)10-20-25-18)21-12(3)22-17(16)23-14-9-11(2)5-6-19-14/h5-6,9H,4,7-8,10H2,1-3H3,(H,19,21,22,23). The van der Waals surface area contributed by atoms with Crippen LogP contribution in [0.4, 0.5) is 11.6 Å². The highest BCUT2D eigenvalue weighted by Gasteiger charge is 2.18. The van der Waals surface area contributed by atoms with Gasteiger partial charge in [-0.15, -0.1) is 0 Å². The maximum atomic E-state index is 8.66. The lowest BCUT2D eigenvalue weighted by Gasteiger charge is -2.10. The molecule has 0 aromatic carbocycles. The molecule has 0 atom stereocenters. The van der Waals surface area contributed by atoms with Crippen LogP contribution >= 0.6 is 0 Å². The van der Waals surface area contributed by atoms with Gasteiger partial charge >= 0.3 is 0 Å². The van der Waals surface area contributed by atoms with Gasteiger partial charge in [0.2, 0.25) is 0 Å². The van der Waals surface area contributed by atoms with E-state index in [2.05, 4.69) is 35.4 Å². The van der Waals surface area contributed by atoms with E-state index in [-0.39, 0.29) is 6.54 Å². The SMILES string of the molecule is CCOCCn1nc(CN=[N+]=[N-])c2nc(C)nc(Nc3cc(C)ccn3)c21. The molecule has 0 unspecified atom stereocenters. The van der Waals surface area contributed by atoms with Crippen molar-refractivity contribution in [3.8, 4) is 0 Å². The second-order valence-corrected chi connectivity index (χ2v) is 5.92. The molecule has 27 heavy (non-hydrogen) atoms. The van der Waals surface area contributed by atoms with Gasteiger partial charge in [0.25, 0.3) is 0 Å². The van der Waals surface area contributed by atoms with E-state index in [0.29, 0.717) is 48.4 Å². The Morgan fingerprint density at radius 1 is 1.33 bits per heavy atom. The number of rotatable bonds is 8. The largest absolute Gasteiger partial charge is 0.380 e. The molecule has 140 valence electrons. The normalized spacial score (nSPS) is 10.8. The Morgan fingerprint density at radius 3 is 2.93 bits per heavy atom. The molecule has 0 amide bonds. The summed E-state index contributed by atoms with van der Waals surface area (Å²) in [5.74, 6) is 1.87. The molecule has 3 aromatic heterocycles. The number of nitrogens with zero attached hydrogens (tertiary/aromatic N) is 8. The van der Waals surface area contributed by atoms with Crippen LogP contribution in [0.2, 0.25) is 0 Å². The Labute approximate surface area is 156 Å². The molecule has 1 N–H and O–H groups in total. The van der Waals surface area contributed by atoms with Crippen molar-refractivity contribution in [2.75, 3.05) is 18.5 Å². The highest BCUT2D eigenvalue weighted by atomic mass is 16.5. The van der Waals surface area contributed by atoms with Crippen LogP contribution in [0.25, 0.3) is 21.5 Å². The number of aromatic nitrogens is 5. The molecule has 0 aliphatic carbocycles. The van der Waals surface area contributed by atoms with Crippen molar-refractivity contribution in [3.63, 3.8) is 0 Å². The lowest BCUT2D eigenvalue weighted by atomic mass is 10.3. The van der Waals surface area contributed by atoms with Crippen LogP contribution in [0.3, 0.4) is 0 Å². The zero-order valence-electron chi connectivity index (χ0n) is 15.5. The lowest BCUT2D eigenvalue weighted by molar-refractivity contribution is 0.137. The third-order valence-corrected chi connectivity index (χ3v) is 3.87. The number of azide groups is 1. The molecular weight excluding hydrogens is 346 g/mol. The third-order valence-electron chi connectivity index (χ3n) is 3.87. The highest BCUT2D eigenvalue weighted by molar-refractivity contribution is 5.89. The topological polar surface area (TPSA) is 127 Å². The second-order valence-electron chi connectivity index (χ2n) is 5.92. The number of hydrogen-bond acceptors (Lipinski definition) is 7. The molecule has 0 spiro atoms. The number of hydrogen-bond donors (Lipinski definition) is 1. The predicted molar refractivity (Wildman–Crippen MR) is 102 cm³/mol. The molecule has 0 aliphatic rings. The van der Waals surface area contributed by atoms with E-state index < -0.39 is 0 Å². The molecule has 10 nitrogen and oxygen atoms in total. The molecule has 10 heteroatoms. The van der Waals surface area contributed by atoms with E-state index in [1.165, 1.54) is 0 Å². The van der Waals surface area contributed by atoms with E-state index in [4.69, 9.17) is 10.3 Å². The molecule has 0 bridgehead atoms. The summed E-state index contributed by atoms with van der Waals surface area (Å²) in [6.07, 6.45) is 1.74. The number of fused-ring (bicyclic) bond motifs is 1. The maximum absolute atomic E-state index is 8.66. The summed E-state index contributed by atoms with van der Waals surface area (Å²) in [5, 5.41) is 11.5. The first-order chi connectivity index (χ1) is 13.1. The summed E-state index contributed by atoms with van der Waals surface area (Å²) in [6.45, 7) is 7.53. The minimum atomic E-state index is 0.118. The van der Waals surface area contributed by atoms with Gasteiger partial charge in [0.1, 0.15) is 22.7 Å². The molecule has 3 rings (SSSR count). The molecule has 0 saturated heterocycles. The van der Waals surface area contributed by atoms with E-state index in [1.54, 1.807) is 10.9 Å². The van der Waals surface area contributed by atoms with Crippen LogP contribution in [-0.4, -0.2) is 37.9 Å². The van der Waals surface area contributed by atoms with Gasteiger partial charge < -0.3 is 10.1 Å². The van der Waals surface area contributed by atoms with Gasteiger partial charge in [-0.25, -0.2) is 15.0 Å². The van der Waals surface area contributed by atoms with Crippen LogP contribution in [0.15, 0.2) is 23.4 Å². The Hall–Kier alpha value is -3.23. The van der Waals surface area contributed by atoms with Gasteiger partial charge in [0.05, 0.1) is 25.4 Å². The van der Waals surface area contributed by atoms with Gasteiger partial charge in [0.15, 0.2) is 5.82 Å². The van der Waals surface area contributed by atoms with Crippen molar-refractivity contribution in [3.05, 3.63) is 45.9 Å². The minimum absolute atomic E-state index is 0.118. The van der Waals surface area contributed by atoms with Crippen LogP contribution in [0, 0.1) is 13.8 Å². The summed E-state index contributed by atoms with van der Waals surface area (Å²) >= 11 is 0. The van der Waals surface area contributed by atoms with Crippen LogP contribution in [0.5, 0.6) is 0 Å².